The SMILES string of the molecule is CSCCN(C)Cc1nc(Cl)c2cnn(C)c2n1. The molecule has 18 heavy (non-hydrogen) atoms. The van der Waals surface area contributed by atoms with Gasteiger partial charge < -0.3 is 0 Å². The van der Waals surface area contributed by atoms with Crippen molar-refractivity contribution in [1.82, 2.24) is 24.6 Å². The van der Waals surface area contributed by atoms with Crippen molar-refractivity contribution < 1.29 is 0 Å². The van der Waals surface area contributed by atoms with E-state index in [0.29, 0.717) is 11.7 Å². The Morgan fingerprint density at radius 2 is 2.22 bits per heavy atom. The van der Waals surface area contributed by atoms with Crippen molar-refractivity contribution in [3.05, 3.63) is 17.2 Å². The van der Waals surface area contributed by atoms with Crippen LogP contribution in [0.25, 0.3) is 11.0 Å². The number of fused-ring (bicyclic) bond motifs is 1. The van der Waals surface area contributed by atoms with Crippen LogP contribution in [0.3, 0.4) is 0 Å². The highest BCUT2D eigenvalue weighted by Crippen LogP contribution is 2.19. The van der Waals surface area contributed by atoms with Gasteiger partial charge in [-0.05, 0) is 13.3 Å². The molecule has 0 saturated heterocycles. The molecule has 2 aromatic rings. The van der Waals surface area contributed by atoms with E-state index < -0.39 is 0 Å². The predicted octanol–water partition coefficient (Wildman–Crippen LogP) is 1.81. The highest BCUT2D eigenvalue weighted by molar-refractivity contribution is 7.98. The summed E-state index contributed by atoms with van der Waals surface area (Å²) >= 11 is 7.96. The molecule has 0 saturated carbocycles. The van der Waals surface area contributed by atoms with Crippen LogP contribution in [-0.2, 0) is 13.6 Å². The van der Waals surface area contributed by atoms with E-state index in [1.54, 1.807) is 10.9 Å². The maximum Gasteiger partial charge on any atom is 0.162 e. The van der Waals surface area contributed by atoms with Gasteiger partial charge in [0.2, 0.25) is 0 Å². The molecule has 98 valence electrons. The van der Waals surface area contributed by atoms with E-state index >= 15 is 0 Å². The maximum absolute atomic E-state index is 6.14. The molecule has 0 aromatic carbocycles. The molecular weight excluding hydrogens is 270 g/mol. The minimum atomic E-state index is 0.473. The van der Waals surface area contributed by atoms with Crippen molar-refractivity contribution in [3.8, 4) is 0 Å². The van der Waals surface area contributed by atoms with Crippen molar-refractivity contribution in [3.63, 3.8) is 0 Å². The van der Waals surface area contributed by atoms with Crippen LogP contribution in [0.15, 0.2) is 6.20 Å². The number of hydrogen-bond donors (Lipinski definition) is 0. The molecule has 2 aromatic heterocycles. The molecule has 2 rings (SSSR count). The lowest BCUT2D eigenvalue weighted by Gasteiger charge is -2.14. The van der Waals surface area contributed by atoms with Crippen LogP contribution in [0.1, 0.15) is 5.82 Å². The first-order chi connectivity index (χ1) is 8.61. The summed E-state index contributed by atoms with van der Waals surface area (Å²) in [5.41, 5.74) is 0.781. The molecule has 0 fully saturated rings. The van der Waals surface area contributed by atoms with Gasteiger partial charge >= 0.3 is 0 Å². The van der Waals surface area contributed by atoms with Gasteiger partial charge in [-0.2, -0.15) is 16.9 Å². The predicted molar refractivity (Wildman–Crippen MR) is 76.0 cm³/mol. The smallest absolute Gasteiger partial charge is 0.162 e. The fraction of sp³-hybridized carbons (Fsp3) is 0.545. The molecular formula is C11H16ClN5S. The lowest BCUT2D eigenvalue weighted by atomic mass is 10.4. The number of aryl methyl sites for hydroxylation is 1. The number of rotatable bonds is 5. The van der Waals surface area contributed by atoms with Gasteiger partial charge in [-0.15, -0.1) is 0 Å². The molecule has 7 heteroatoms. The number of nitrogens with zero attached hydrogens (tertiary/aromatic N) is 5. The second kappa shape index (κ2) is 5.86. The van der Waals surface area contributed by atoms with E-state index in [1.165, 1.54) is 0 Å². The normalized spacial score (nSPS) is 11.6. The Balaban J connectivity index is 2.21. The Kier molecular flexibility index (Phi) is 4.42. The van der Waals surface area contributed by atoms with Gasteiger partial charge in [0.15, 0.2) is 5.65 Å². The van der Waals surface area contributed by atoms with Crippen molar-refractivity contribution in [2.24, 2.45) is 7.05 Å². The molecule has 0 radical (unpaired) electrons. The van der Waals surface area contributed by atoms with Gasteiger partial charge in [-0.25, -0.2) is 9.97 Å². The third kappa shape index (κ3) is 2.93. The van der Waals surface area contributed by atoms with Crippen LogP contribution >= 0.6 is 23.4 Å². The van der Waals surface area contributed by atoms with Gasteiger partial charge in [0.25, 0.3) is 0 Å². The average Bonchev–Trinajstić information content (AvgIpc) is 2.69. The summed E-state index contributed by atoms with van der Waals surface area (Å²) in [5.74, 6) is 1.83. The van der Waals surface area contributed by atoms with Crippen LogP contribution in [0.2, 0.25) is 5.15 Å². The first-order valence-corrected chi connectivity index (χ1v) is 7.40. The summed E-state index contributed by atoms with van der Waals surface area (Å²) in [5, 5.41) is 5.41. The quantitative estimate of drug-likeness (QED) is 0.784. The van der Waals surface area contributed by atoms with E-state index in [1.807, 2.05) is 18.8 Å². The standard InChI is InChI=1S/C11H16ClN5S/c1-16(4-5-18-3)7-9-14-10(12)8-6-13-17(2)11(8)15-9/h6H,4-5,7H2,1-3H3. The summed E-state index contributed by atoms with van der Waals surface area (Å²) in [7, 11) is 3.91. The Bertz CT molecular complexity index is 541. The fourth-order valence-corrected chi connectivity index (χ4v) is 2.39. The maximum atomic E-state index is 6.14. The summed E-state index contributed by atoms with van der Waals surface area (Å²) in [6.45, 7) is 1.70. The molecule has 0 bridgehead atoms. The zero-order chi connectivity index (χ0) is 13.1. The third-order valence-corrected chi connectivity index (χ3v) is 3.56. The minimum Gasteiger partial charge on any atom is -0.298 e. The molecule has 0 spiro atoms. The zero-order valence-electron chi connectivity index (χ0n) is 10.7. The van der Waals surface area contributed by atoms with E-state index in [2.05, 4.69) is 33.3 Å². The molecule has 5 nitrogen and oxygen atoms in total. The van der Waals surface area contributed by atoms with Crippen LogP contribution < -0.4 is 0 Å². The summed E-state index contributed by atoms with van der Waals surface area (Å²) in [6.07, 6.45) is 3.79. The Morgan fingerprint density at radius 3 is 2.94 bits per heavy atom. The molecule has 0 amide bonds. The van der Waals surface area contributed by atoms with Crippen molar-refractivity contribution >= 4 is 34.4 Å². The van der Waals surface area contributed by atoms with Gasteiger partial charge in [0, 0.05) is 19.3 Å². The topological polar surface area (TPSA) is 46.8 Å². The largest absolute Gasteiger partial charge is 0.298 e. The van der Waals surface area contributed by atoms with Gasteiger partial charge in [-0.1, -0.05) is 11.6 Å². The fourth-order valence-electron chi connectivity index (χ4n) is 1.67. The second-order valence-corrected chi connectivity index (χ2v) is 5.51. The molecule has 0 aliphatic carbocycles. The molecule has 0 atom stereocenters. The molecule has 2 heterocycles. The monoisotopic (exact) mass is 285 g/mol. The number of halogens is 1. The van der Waals surface area contributed by atoms with Crippen LogP contribution in [-0.4, -0.2) is 50.2 Å². The number of aromatic nitrogens is 4. The van der Waals surface area contributed by atoms with E-state index in [9.17, 15) is 0 Å². The number of thioether (sulfide) groups is 1. The minimum absolute atomic E-state index is 0.473. The summed E-state index contributed by atoms with van der Waals surface area (Å²) in [4.78, 5) is 11.0. The van der Waals surface area contributed by atoms with Crippen LogP contribution in [0.4, 0.5) is 0 Å². The second-order valence-electron chi connectivity index (χ2n) is 4.17. The highest BCUT2D eigenvalue weighted by Gasteiger charge is 2.11. The Hall–Kier alpha value is -0.850. The lowest BCUT2D eigenvalue weighted by Crippen LogP contribution is -2.22. The molecule has 0 N–H and O–H groups in total. The lowest BCUT2D eigenvalue weighted by molar-refractivity contribution is 0.339. The average molecular weight is 286 g/mol. The number of hydrogen-bond acceptors (Lipinski definition) is 5. The molecule has 0 aliphatic heterocycles. The van der Waals surface area contributed by atoms with E-state index in [4.69, 9.17) is 11.6 Å². The first kappa shape index (κ1) is 13.6. The van der Waals surface area contributed by atoms with Crippen LogP contribution in [0, 0.1) is 0 Å². The Labute approximate surface area is 116 Å². The van der Waals surface area contributed by atoms with Crippen molar-refractivity contribution in [2.75, 3.05) is 25.6 Å². The van der Waals surface area contributed by atoms with Gasteiger partial charge in [-0.3, -0.25) is 9.58 Å². The van der Waals surface area contributed by atoms with E-state index in [-0.39, 0.29) is 0 Å². The third-order valence-electron chi connectivity index (χ3n) is 2.68. The summed E-state index contributed by atoms with van der Waals surface area (Å²) in [6, 6.07) is 0. The zero-order valence-corrected chi connectivity index (χ0v) is 12.3. The van der Waals surface area contributed by atoms with Crippen molar-refractivity contribution in [1.29, 1.82) is 0 Å². The summed E-state index contributed by atoms with van der Waals surface area (Å²) < 4.78 is 1.72. The van der Waals surface area contributed by atoms with Crippen LogP contribution in [0.5, 0.6) is 0 Å². The van der Waals surface area contributed by atoms with E-state index in [0.717, 1.165) is 29.2 Å². The van der Waals surface area contributed by atoms with Crippen molar-refractivity contribution in [2.45, 2.75) is 6.54 Å². The Morgan fingerprint density at radius 1 is 1.44 bits per heavy atom. The molecule has 0 aliphatic rings. The highest BCUT2D eigenvalue weighted by atomic mass is 35.5. The molecule has 0 unspecified atom stereocenters. The van der Waals surface area contributed by atoms with Gasteiger partial charge in [0.05, 0.1) is 18.1 Å². The van der Waals surface area contributed by atoms with Gasteiger partial charge in [0.1, 0.15) is 11.0 Å². The first-order valence-electron chi connectivity index (χ1n) is 5.63.